The van der Waals surface area contributed by atoms with E-state index < -0.39 is 11.5 Å². The van der Waals surface area contributed by atoms with Crippen LogP contribution >= 0.6 is 23.1 Å². The third-order valence-electron chi connectivity index (χ3n) is 2.74. The first-order chi connectivity index (χ1) is 8.62. The van der Waals surface area contributed by atoms with E-state index in [-0.39, 0.29) is 5.91 Å². The van der Waals surface area contributed by atoms with Crippen molar-refractivity contribution in [2.75, 3.05) is 11.5 Å². The van der Waals surface area contributed by atoms with Gasteiger partial charge < -0.3 is 10.4 Å². The molecule has 0 bridgehead atoms. The molecule has 2 rings (SSSR count). The second-order valence-corrected chi connectivity index (χ2v) is 6.11. The average molecular weight is 283 g/mol. The van der Waals surface area contributed by atoms with Crippen molar-refractivity contribution in [1.82, 2.24) is 5.32 Å². The van der Waals surface area contributed by atoms with Gasteiger partial charge in [0.1, 0.15) is 5.54 Å². The van der Waals surface area contributed by atoms with Crippen molar-refractivity contribution in [3.8, 4) is 0 Å². The topological polar surface area (TPSA) is 66.4 Å². The van der Waals surface area contributed by atoms with Crippen LogP contribution in [0.5, 0.6) is 0 Å². The standard InChI is InChI=1S/C12H13NO3S2/c14-10(4-3-9-2-1-6-18-9)13-12(11(15)16)5-7-17-8-12/h1-4,6H,5,7-8H2,(H,13,14)(H,15,16). The predicted octanol–water partition coefficient (Wildman–Crippen LogP) is 1.84. The summed E-state index contributed by atoms with van der Waals surface area (Å²) in [6.07, 6.45) is 3.56. The van der Waals surface area contributed by atoms with Crippen molar-refractivity contribution in [3.63, 3.8) is 0 Å². The van der Waals surface area contributed by atoms with Crippen molar-refractivity contribution in [3.05, 3.63) is 28.5 Å². The lowest BCUT2D eigenvalue weighted by molar-refractivity contribution is -0.145. The molecule has 1 aliphatic rings. The Kier molecular flexibility index (Phi) is 4.08. The van der Waals surface area contributed by atoms with E-state index in [2.05, 4.69) is 5.32 Å². The maximum absolute atomic E-state index is 11.7. The minimum Gasteiger partial charge on any atom is -0.479 e. The molecule has 96 valence electrons. The van der Waals surface area contributed by atoms with Crippen LogP contribution in [0, 0.1) is 0 Å². The Hall–Kier alpha value is -1.27. The monoisotopic (exact) mass is 283 g/mol. The van der Waals surface area contributed by atoms with Crippen molar-refractivity contribution < 1.29 is 14.7 Å². The van der Waals surface area contributed by atoms with Crippen LogP contribution in [0.3, 0.4) is 0 Å². The number of nitrogens with one attached hydrogen (secondary N) is 1. The molecule has 6 heteroatoms. The first-order valence-corrected chi connectivity index (χ1v) is 7.51. The molecule has 1 atom stereocenters. The number of thioether (sulfide) groups is 1. The van der Waals surface area contributed by atoms with Crippen LogP contribution in [0.1, 0.15) is 11.3 Å². The second kappa shape index (κ2) is 5.58. The summed E-state index contributed by atoms with van der Waals surface area (Å²) in [4.78, 5) is 23.9. The number of hydrogen-bond donors (Lipinski definition) is 2. The molecule has 1 amide bonds. The summed E-state index contributed by atoms with van der Waals surface area (Å²) >= 11 is 3.08. The lowest BCUT2D eigenvalue weighted by Gasteiger charge is -2.23. The third kappa shape index (κ3) is 2.94. The Balaban J connectivity index is 2.00. The minimum absolute atomic E-state index is 0.353. The fourth-order valence-electron chi connectivity index (χ4n) is 1.71. The number of carbonyl (C=O) groups is 2. The summed E-state index contributed by atoms with van der Waals surface area (Å²) in [5.41, 5.74) is -1.10. The van der Waals surface area contributed by atoms with E-state index in [1.165, 1.54) is 17.4 Å². The number of aliphatic carboxylic acids is 1. The first kappa shape index (κ1) is 13.2. The van der Waals surface area contributed by atoms with E-state index in [1.54, 1.807) is 17.8 Å². The van der Waals surface area contributed by atoms with E-state index in [4.69, 9.17) is 0 Å². The number of amides is 1. The molecule has 1 aliphatic heterocycles. The normalized spacial score (nSPS) is 23.3. The highest BCUT2D eigenvalue weighted by Crippen LogP contribution is 2.28. The molecule has 1 unspecified atom stereocenters. The fraction of sp³-hybridized carbons (Fsp3) is 0.333. The van der Waals surface area contributed by atoms with E-state index in [0.717, 1.165) is 10.6 Å². The summed E-state index contributed by atoms with van der Waals surface area (Å²) in [5.74, 6) is -0.110. The lowest BCUT2D eigenvalue weighted by atomic mass is 9.99. The Morgan fingerprint density at radius 3 is 2.89 bits per heavy atom. The van der Waals surface area contributed by atoms with E-state index in [9.17, 15) is 14.7 Å². The average Bonchev–Trinajstić information content (AvgIpc) is 2.97. The zero-order chi connectivity index (χ0) is 13.0. The molecular weight excluding hydrogens is 270 g/mol. The van der Waals surface area contributed by atoms with Gasteiger partial charge in [-0.05, 0) is 29.7 Å². The summed E-state index contributed by atoms with van der Waals surface area (Å²) in [6, 6.07) is 3.79. The molecular formula is C12H13NO3S2. The molecule has 18 heavy (non-hydrogen) atoms. The van der Waals surface area contributed by atoms with Crippen LogP contribution < -0.4 is 5.32 Å². The smallest absolute Gasteiger partial charge is 0.330 e. The van der Waals surface area contributed by atoms with Crippen LogP contribution in [0.25, 0.3) is 6.08 Å². The summed E-state index contributed by atoms with van der Waals surface area (Å²) in [5, 5.41) is 13.7. The predicted molar refractivity (Wildman–Crippen MR) is 73.8 cm³/mol. The van der Waals surface area contributed by atoms with Crippen molar-refractivity contribution in [2.45, 2.75) is 12.0 Å². The zero-order valence-corrected chi connectivity index (χ0v) is 11.2. The van der Waals surface area contributed by atoms with Gasteiger partial charge in [0, 0.05) is 16.7 Å². The van der Waals surface area contributed by atoms with Gasteiger partial charge in [-0.25, -0.2) is 4.79 Å². The van der Waals surface area contributed by atoms with Crippen molar-refractivity contribution in [1.29, 1.82) is 0 Å². The van der Waals surface area contributed by atoms with Gasteiger partial charge in [0.2, 0.25) is 5.91 Å². The molecule has 1 aromatic heterocycles. The fourth-order valence-corrected chi connectivity index (χ4v) is 3.65. The number of carbonyl (C=O) groups excluding carboxylic acids is 1. The number of hydrogen-bond acceptors (Lipinski definition) is 4. The van der Waals surface area contributed by atoms with Crippen LogP contribution in [0.2, 0.25) is 0 Å². The maximum atomic E-state index is 11.7. The highest BCUT2D eigenvalue weighted by Gasteiger charge is 2.42. The highest BCUT2D eigenvalue weighted by atomic mass is 32.2. The largest absolute Gasteiger partial charge is 0.479 e. The van der Waals surface area contributed by atoms with Gasteiger partial charge in [-0.15, -0.1) is 11.3 Å². The second-order valence-electron chi connectivity index (χ2n) is 4.03. The molecule has 0 radical (unpaired) electrons. The Bertz CT molecular complexity index is 462. The molecule has 2 heterocycles. The Morgan fingerprint density at radius 1 is 1.50 bits per heavy atom. The summed E-state index contributed by atoms with van der Waals surface area (Å²) in [7, 11) is 0. The van der Waals surface area contributed by atoms with Gasteiger partial charge in [-0.1, -0.05) is 6.07 Å². The SMILES string of the molecule is O=C(C=Cc1cccs1)NC1(C(=O)O)CCSC1. The number of rotatable bonds is 4. The van der Waals surface area contributed by atoms with E-state index in [1.807, 2.05) is 17.5 Å². The first-order valence-electron chi connectivity index (χ1n) is 5.47. The van der Waals surface area contributed by atoms with Crippen LogP contribution in [0.4, 0.5) is 0 Å². The number of carboxylic acids is 1. The van der Waals surface area contributed by atoms with Gasteiger partial charge in [0.15, 0.2) is 0 Å². The minimum atomic E-state index is -1.10. The maximum Gasteiger partial charge on any atom is 0.330 e. The van der Waals surface area contributed by atoms with Crippen LogP contribution in [-0.4, -0.2) is 34.0 Å². The summed E-state index contributed by atoms with van der Waals surface area (Å²) in [6.45, 7) is 0. The molecule has 0 spiro atoms. The van der Waals surface area contributed by atoms with Crippen LogP contribution in [0.15, 0.2) is 23.6 Å². The van der Waals surface area contributed by atoms with Gasteiger partial charge in [0.25, 0.3) is 0 Å². The lowest BCUT2D eigenvalue weighted by Crippen LogP contribution is -2.54. The van der Waals surface area contributed by atoms with E-state index in [0.29, 0.717) is 12.2 Å². The van der Waals surface area contributed by atoms with E-state index >= 15 is 0 Å². The highest BCUT2D eigenvalue weighted by molar-refractivity contribution is 7.99. The van der Waals surface area contributed by atoms with Crippen molar-refractivity contribution >= 4 is 41.1 Å². The third-order valence-corrected chi connectivity index (χ3v) is 4.76. The number of thiophene rings is 1. The Morgan fingerprint density at radius 2 is 2.33 bits per heavy atom. The van der Waals surface area contributed by atoms with Gasteiger partial charge >= 0.3 is 5.97 Å². The molecule has 1 aromatic rings. The zero-order valence-electron chi connectivity index (χ0n) is 9.59. The molecule has 0 aliphatic carbocycles. The Labute approximate surface area is 113 Å². The molecule has 2 N–H and O–H groups in total. The number of carboxylic acid groups (broad SMARTS) is 1. The van der Waals surface area contributed by atoms with Gasteiger partial charge in [-0.3, -0.25) is 4.79 Å². The molecule has 0 saturated carbocycles. The summed E-state index contributed by atoms with van der Waals surface area (Å²) < 4.78 is 0. The molecule has 4 nitrogen and oxygen atoms in total. The van der Waals surface area contributed by atoms with Gasteiger partial charge in [-0.2, -0.15) is 11.8 Å². The molecule has 1 saturated heterocycles. The van der Waals surface area contributed by atoms with Crippen molar-refractivity contribution in [2.24, 2.45) is 0 Å². The molecule has 0 aromatic carbocycles. The quantitative estimate of drug-likeness (QED) is 0.827. The van der Waals surface area contributed by atoms with Crippen LogP contribution in [-0.2, 0) is 9.59 Å². The van der Waals surface area contributed by atoms with Gasteiger partial charge in [0.05, 0.1) is 0 Å². The molecule has 1 fully saturated rings.